The van der Waals surface area contributed by atoms with Gasteiger partial charge in [-0.25, -0.2) is 9.59 Å². The normalized spacial score (nSPS) is 18.3. The monoisotopic (exact) mass is 742 g/mol. The van der Waals surface area contributed by atoms with E-state index in [1.165, 1.54) is 9.47 Å². The fraction of sp³-hybridized carbons (Fsp3) is 0.857. The Bertz CT molecular complexity index is 990. The average Bonchev–Trinajstić information content (AvgIpc) is 2.73. The first-order valence-corrected chi connectivity index (χ1v) is 9.05. The minimum atomic E-state index is -8.63. The first-order valence-electron chi connectivity index (χ1n) is 9.05. The third-order valence-electron chi connectivity index (χ3n) is 4.25. The van der Waals surface area contributed by atoms with Crippen LogP contribution in [0.5, 0.6) is 0 Å². The largest absolute Gasteiger partial charge is 0.460 e. The van der Waals surface area contributed by atoms with Gasteiger partial charge in [-0.05, 0) is 0 Å². The number of alkyl halides is 26. The van der Waals surface area contributed by atoms with Crippen LogP contribution in [0.25, 0.3) is 0 Å². The van der Waals surface area contributed by atoms with Gasteiger partial charge in [0.2, 0.25) is 0 Å². The number of carbonyl (C=O) groups is 2. The Hall–Kier alpha value is -2.76. The predicted molar refractivity (Wildman–Crippen MR) is 74.8 cm³/mol. The van der Waals surface area contributed by atoms with Crippen LogP contribution in [0, 0.1) is 0 Å². The molecular formula is C14F26O5. The van der Waals surface area contributed by atoms with E-state index < -0.39 is 84.3 Å². The maximum absolute atomic E-state index is 14.4. The second-order valence-electron chi connectivity index (χ2n) is 7.40. The van der Waals surface area contributed by atoms with Crippen molar-refractivity contribution in [3.05, 3.63) is 0 Å². The van der Waals surface area contributed by atoms with Gasteiger partial charge in [0.25, 0.3) is 0 Å². The van der Waals surface area contributed by atoms with E-state index >= 15 is 0 Å². The topological polar surface area (TPSA) is 61.8 Å². The van der Waals surface area contributed by atoms with Gasteiger partial charge in [0.1, 0.15) is 0 Å². The molecule has 45 heavy (non-hydrogen) atoms. The highest BCUT2D eigenvalue weighted by Crippen LogP contribution is 2.57. The lowest BCUT2D eigenvalue weighted by atomic mass is 10.1. The lowest BCUT2D eigenvalue weighted by molar-refractivity contribution is -0.490. The Kier molecular flexibility index (Phi) is 10.2. The molecule has 268 valence electrons. The lowest BCUT2D eigenvalue weighted by Gasteiger charge is -2.40. The van der Waals surface area contributed by atoms with Crippen molar-refractivity contribution in [2.75, 3.05) is 0 Å². The summed E-state index contributed by atoms with van der Waals surface area (Å²) < 4.78 is 340. The van der Waals surface area contributed by atoms with E-state index in [1.54, 1.807) is 4.74 Å². The summed E-state index contributed by atoms with van der Waals surface area (Å²) in [5.74, 6) is -62.5. The maximum atomic E-state index is 14.4. The number of hydrogen-bond acceptors (Lipinski definition) is 5. The molecule has 0 aliphatic heterocycles. The smallest absolute Gasteiger partial charge is 0.384 e. The average molecular weight is 742 g/mol. The van der Waals surface area contributed by atoms with Gasteiger partial charge in [-0.3, -0.25) is 9.47 Å². The highest BCUT2D eigenvalue weighted by molar-refractivity contribution is 5.94. The minimum absolute atomic E-state index is 1.20. The number of esters is 2. The second kappa shape index (κ2) is 10.9. The summed E-state index contributed by atoms with van der Waals surface area (Å²) in [6, 6.07) is 0. The zero-order valence-corrected chi connectivity index (χ0v) is 18.9. The molecule has 0 aromatic heterocycles. The molecule has 0 N–H and O–H groups in total. The molecule has 0 aliphatic carbocycles. The van der Waals surface area contributed by atoms with E-state index in [0.29, 0.717) is 0 Å². The van der Waals surface area contributed by atoms with Crippen LogP contribution in [0.15, 0.2) is 0 Å². The maximum Gasteiger partial charge on any atom is 0.460 e. The van der Waals surface area contributed by atoms with Crippen molar-refractivity contribution in [3.8, 4) is 0 Å². The Labute approximate surface area is 223 Å². The molecule has 0 rings (SSSR count). The predicted octanol–water partition coefficient (Wildman–Crippen LogP) is 7.40. The molecule has 0 aromatic rings. The molecule has 0 bridgehead atoms. The van der Waals surface area contributed by atoms with Crippen LogP contribution in [0.2, 0.25) is 0 Å². The van der Waals surface area contributed by atoms with Crippen molar-refractivity contribution >= 4 is 11.9 Å². The van der Waals surface area contributed by atoms with Crippen molar-refractivity contribution in [1.29, 1.82) is 0 Å². The quantitative estimate of drug-likeness (QED) is 0.148. The molecule has 0 spiro atoms. The van der Waals surface area contributed by atoms with E-state index in [4.69, 9.17) is 0 Å². The second-order valence-corrected chi connectivity index (χ2v) is 7.40. The van der Waals surface area contributed by atoms with Crippen molar-refractivity contribution in [1.82, 2.24) is 0 Å². The minimum Gasteiger partial charge on any atom is -0.384 e. The van der Waals surface area contributed by atoms with Gasteiger partial charge in [0.05, 0.1) is 0 Å². The first kappa shape index (κ1) is 42.2. The summed E-state index contributed by atoms with van der Waals surface area (Å²) in [6.45, 7) is 0. The summed E-state index contributed by atoms with van der Waals surface area (Å²) in [5, 5.41) is 0. The van der Waals surface area contributed by atoms with Crippen LogP contribution < -0.4 is 0 Å². The first-order chi connectivity index (χ1) is 19.0. The van der Waals surface area contributed by atoms with E-state index in [2.05, 4.69) is 0 Å². The number of halogens is 26. The van der Waals surface area contributed by atoms with Crippen LogP contribution >= 0.6 is 0 Å². The molecule has 0 saturated carbocycles. The molecule has 0 saturated heterocycles. The summed E-state index contributed by atoms with van der Waals surface area (Å²) in [5.41, 5.74) is 0. The van der Waals surface area contributed by atoms with Crippen molar-refractivity contribution in [3.63, 3.8) is 0 Å². The zero-order valence-electron chi connectivity index (χ0n) is 18.9. The van der Waals surface area contributed by atoms with Crippen molar-refractivity contribution in [2.24, 2.45) is 0 Å². The van der Waals surface area contributed by atoms with Crippen LogP contribution in [0.3, 0.4) is 0 Å². The SMILES string of the molecule is O=C(OC(=O)C(F)(OC(F)(C(F)(F)F)C(F)(F)F)C(F)(F)C(F)(F)F)C(F)(OC(F)(C(F)(F)F)C(F)(F)F)C(F)(F)C(F)(F)F. The number of ether oxygens (including phenoxy) is 3. The molecular weight excluding hydrogens is 742 g/mol. The molecule has 5 nitrogen and oxygen atoms in total. The Morgan fingerprint density at radius 3 is 0.622 bits per heavy atom. The molecule has 2 unspecified atom stereocenters. The third-order valence-corrected chi connectivity index (χ3v) is 4.25. The van der Waals surface area contributed by atoms with Gasteiger partial charge in [-0.1, -0.05) is 0 Å². The van der Waals surface area contributed by atoms with Gasteiger partial charge >= 0.3 is 84.3 Å². The fourth-order valence-electron chi connectivity index (χ4n) is 1.99. The highest BCUT2D eigenvalue weighted by Gasteiger charge is 2.88. The highest BCUT2D eigenvalue weighted by atomic mass is 19.5. The van der Waals surface area contributed by atoms with E-state index in [1.807, 2.05) is 0 Å². The third kappa shape index (κ3) is 6.72. The van der Waals surface area contributed by atoms with Crippen LogP contribution in [0.1, 0.15) is 0 Å². The van der Waals surface area contributed by atoms with Gasteiger partial charge in [0, 0.05) is 0 Å². The number of carbonyl (C=O) groups excluding carboxylic acids is 2. The molecule has 0 fully saturated rings. The van der Waals surface area contributed by atoms with Crippen LogP contribution in [-0.2, 0) is 23.8 Å². The van der Waals surface area contributed by atoms with Crippen LogP contribution in [-0.4, -0.2) is 84.3 Å². The summed E-state index contributed by atoms with van der Waals surface area (Å²) in [6.07, 6.45) is -49.4. The van der Waals surface area contributed by atoms with Gasteiger partial charge in [-0.2, -0.15) is 114 Å². The Morgan fingerprint density at radius 1 is 0.311 bits per heavy atom. The summed E-state index contributed by atoms with van der Waals surface area (Å²) in [4.78, 5) is 22.7. The standard InChI is InChI=1S/C14F26O5/c15-3(5(17,18)9(23,24)25,44-7(21,11(29,30)31)12(32,33)34)1(41)43-2(42)4(16,6(19,20)10(26,27)28)45-8(22,13(35,36)37)14(38,39)40. The fourth-order valence-corrected chi connectivity index (χ4v) is 1.99. The lowest BCUT2D eigenvalue weighted by Crippen LogP contribution is -2.70. The summed E-state index contributed by atoms with van der Waals surface area (Å²) >= 11 is 0. The van der Waals surface area contributed by atoms with Crippen LogP contribution in [0.4, 0.5) is 114 Å². The number of hydrogen-bond donors (Lipinski definition) is 0. The number of rotatable bonds is 8. The summed E-state index contributed by atoms with van der Waals surface area (Å²) in [7, 11) is 0. The van der Waals surface area contributed by atoms with E-state index in [9.17, 15) is 124 Å². The Balaban J connectivity index is 7.70. The van der Waals surface area contributed by atoms with E-state index in [0.717, 1.165) is 0 Å². The molecule has 0 amide bonds. The van der Waals surface area contributed by atoms with Gasteiger partial charge in [0.15, 0.2) is 0 Å². The molecule has 2 atom stereocenters. The Morgan fingerprint density at radius 2 is 0.489 bits per heavy atom. The van der Waals surface area contributed by atoms with Crippen molar-refractivity contribution < 1.29 is 138 Å². The molecule has 31 heteroatoms. The van der Waals surface area contributed by atoms with E-state index in [-0.39, 0.29) is 0 Å². The molecule has 0 aliphatic rings. The molecule has 0 radical (unpaired) electrons. The van der Waals surface area contributed by atoms with Gasteiger partial charge in [-0.15, -0.1) is 0 Å². The zero-order chi connectivity index (χ0) is 37.3. The molecule has 0 aromatic carbocycles. The van der Waals surface area contributed by atoms with Gasteiger partial charge < -0.3 is 4.74 Å². The van der Waals surface area contributed by atoms with Crippen molar-refractivity contribution in [2.45, 2.75) is 72.3 Å². The molecule has 0 heterocycles.